The molecule has 0 radical (unpaired) electrons. The number of piperidine rings is 1. The highest BCUT2D eigenvalue weighted by molar-refractivity contribution is 5.81. The minimum Gasteiger partial charge on any atom is -0.369 e. The molecule has 0 saturated carbocycles. The molecule has 1 aromatic heterocycles. The molecule has 0 aliphatic carbocycles. The molecule has 1 aliphatic heterocycles. The Labute approximate surface area is 134 Å². The van der Waals surface area contributed by atoms with Crippen molar-refractivity contribution in [1.82, 2.24) is 14.7 Å². The number of likely N-dealkylation sites (tertiary alicyclic amines) is 1. The third-order valence-electron chi connectivity index (χ3n) is 4.24. The van der Waals surface area contributed by atoms with E-state index in [2.05, 4.69) is 5.10 Å². The first-order chi connectivity index (χ1) is 11.1. The van der Waals surface area contributed by atoms with E-state index in [0.29, 0.717) is 19.5 Å². The molecule has 1 atom stereocenters. The number of primary amides is 1. The van der Waals surface area contributed by atoms with Crippen molar-refractivity contribution in [1.29, 1.82) is 0 Å². The summed E-state index contributed by atoms with van der Waals surface area (Å²) in [6, 6.07) is 9.62. The summed E-state index contributed by atoms with van der Waals surface area (Å²) in [5, 5.41) is 4.17. The van der Waals surface area contributed by atoms with Crippen molar-refractivity contribution in [2.24, 2.45) is 11.7 Å². The van der Waals surface area contributed by atoms with Crippen molar-refractivity contribution < 1.29 is 9.59 Å². The molecule has 0 spiro atoms. The second kappa shape index (κ2) is 6.64. The van der Waals surface area contributed by atoms with E-state index in [-0.39, 0.29) is 17.7 Å². The number of nitrogens with zero attached hydrogens (tertiary/aromatic N) is 3. The van der Waals surface area contributed by atoms with E-state index in [4.69, 9.17) is 5.73 Å². The molecule has 0 bridgehead atoms. The number of carbonyl (C=O) groups is 2. The van der Waals surface area contributed by atoms with Gasteiger partial charge in [-0.2, -0.15) is 5.10 Å². The molecule has 1 fully saturated rings. The smallest absolute Gasteiger partial charge is 0.227 e. The van der Waals surface area contributed by atoms with E-state index in [0.717, 1.165) is 24.1 Å². The van der Waals surface area contributed by atoms with Gasteiger partial charge in [-0.25, -0.2) is 4.68 Å². The van der Waals surface area contributed by atoms with Crippen LogP contribution < -0.4 is 5.73 Å². The first kappa shape index (κ1) is 15.3. The Bertz CT molecular complexity index is 679. The predicted octanol–water partition coefficient (Wildman–Crippen LogP) is 1.14. The van der Waals surface area contributed by atoms with Crippen LogP contribution in [0.5, 0.6) is 0 Å². The van der Waals surface area contributed by atoms with Gasteiger partial charge in [0.05, 0.1) is 18.0 Å². The van der Waals surface area contributed by atoms with E-state index in [1.807, 2.05) is 36.5 Å². The van der Waals surface area contributed by atoms with E-state index in [9.17, 15) is 9.59 Å². The van der Waals surface area contributed by atoms with Crippen LogP contribution in [0.25, 0.3) is 5.69 Å². The third-order valence-corrected chi connectivity index (χ3v) is 4.24. The zero-order valence-corrected chi connectivity index (χ0v) is 12.9. The fourth-order valence-corrected chi connectivity index (χ4v) is 2.91. The predicted molar refractivity (Wildman–Crippen MR) is 85.8 cm³/mol. The molecule has 2 amide bonds. The maximum atomic E-state index is 12.4. The number of benzene rings is 1. The zero-order valence-electron chi connectivity index (χ0n) is 12.9. The Morgan fingerprint density at radius 1 is 1.26 bits per heavy atom. The summed E-state index contributed by atoms with van der Waals surface area (Å²) in [5.41, 5.74) is 7.27. The standard InChI is InChI=1S/C17H20N4O2/c18-17(23)14-3-1-9-20(12-14)16(22)11-13-4-6-15(7-5-13)21-10-2-8-19-21/h2,4-8,10,14H,1,3,9,11-12H2,(H2,18,23)/t14-/m1/s1. The Morgan fingerprint density at radius 2 is 2.04 bits per heavy atom. The van der Waals surface area contributed by atoms with Gasteiger partial charge >= 0.3 is 0 Å². The lowest BCUT2D eigenvalue weighted by atomic mass is 9.97. The van der Waals surface area contributed by atoms with Crippen LogP contribution in [0.3, 0.4) is 0 Å². The number of hydrogen-bond donors (Lipinski definition) is 1. The molecule has 0 unspecified atom stereocenters. The van der Waals surface area contributed by atoms with Gasteiger partial charge in [0, 0.05) is 25.5 Å². The summed E-state index contributed by atoms with van der Waals surface area (Å²) < 4.78 is 1.77. The molecule has 2 heterocycles. The average molecular weight is 312 g/mol. The Kier molecular flexibility index (Phi) is 4.41. The lowest BCUT2D eigenvalue weighted by molar-refractivity contribution is -0.134. The van der Waals surface area contributed by atoms with Gasteiger partial charge in [-0.3, -0.25) is 9.59 Å². The van der Waals surface area contributed by atoms with E-state index in [1.165, 1.54) is 0 Å². The molecule has 23 heavy (non-hydrogen) atoms. The summed E-state index contributed by atoms with van der Waals surface area (Å²) in [6.07, 6.45) is 5.54. The molecule has 6 nitrogen and oxygen atoms in total. The largest absolute Gasteiger partial charge is 0.369 e. The first-order valence-corrected chi connectivity index (χ1v) is 7.79. The van der Waals surface area contributed by atoms with Gasteiger partial charge in [-0.05, 0) is 36.6 Å². The quantitative estimate of drug-likeness (QED) is 0.919. The fourth-order valence-electron chi connectivity index (χ4n) is 2.91. The van der Waals surface area contributed by atoms with Crippen LogP contribution in [0.1, 0.15) is 18.4 Å². The highest BCUT2D eigenvalue weighted by atomic mass is 16.2. The highest BCUT2D eigenvalue weighted by Gasteiger charge is 2.26. The fraction of sp³-hybridized carbons (Fsp3) is 0.353. The molecule has 2 aromatic rings. The van der Waals surface area contributed by atoms with Crippen molar-refractivity contribution in [2.75, 3.05) is 13.1 Å². The summed E-state index contributed by atoms with van der Waals surface area (Å²) in [4.78, 5) is 25.5. The van der Waals surface area contributed by atoms with Gasteiger partial charge in [0.25, 0.3) is 0 Å². The molecular weight excluding hydrogens is 292 g/mol. The van der Waals surface area contributed by atoms with E-state index in [1.54, 1.807) is 15.8 Å². The van der Waals surface area contributed by atoms with Gasteiger partial charge in [0.1, 0.15) is 0 Å². The zero-order chi connectivity index (χ0) is 16.2. The first-order valence-electron chi connectivity index (χ1n) is 7.79. The third kappa shape index (κ3) is 3.59. The molecule has 2 N–H and O–H groups in total. The van der Waals surface area contributed by atoms with Crippen molar-refractivity contribution in [3.63, 3.8) is 0 Å². The van der Waals surface area contributed by atoms with Crippen molar-refractivity contribution in [3.8, 4) is 5.69 Å². The number of carbonyl (C=O) groups excluding carboxylic acids is 2. The van der Waals surface area contributed by atoms with Crippen molar-refractivity contribution in [2.45, 2.75) is 19.3 Å². The lowest BCUT2D eigenvalue weighted by Gasteiger charge is -2.31. The maximum absolute atomic E-state index is 12.4. The number of hydrogen-bond acceptors (Lipinski definition) is 3. The average Bonchev–Trinajstić information content (AvgIpc) is 3.10. The van der Waals surface area contributed by atoms with Crippen molar-refractivity contribution in [3.05, 3.63) is 48.3 Å². The SMILES string of the molecule is NC(=O)[C@@H]1CCCN(C(=O)Cc2ccc(-n3cccn3)cc2)C1. The van der Waals surface area contributed by atoms with E-state index >= 15 is 0 Å². The van der Waals surface area contributed by atoms with E-state index < -0.39 is 0 Å². The van der Waals surface area contributed by atoms with Crippen LogP contribution in [-0.2, 0) is 16.0 Å². The molecule has 3 rings (SSSR count). The summed E-state index contributed by atoms with van der Waals surface area (Å²) in [6.45, 7) is 1.15. The topological polar surface area (TPSA) is 81.2 Å². The van der Waals surface area contributed by atoms with Gasteiger partial charge in [-0.1, -0.05) is 12.1 Å². The molecular formula is C17H20N4O2. The monoisotopic (exact) mass is 312 g/mol. The normalized spacial score (nSPS) is 17.9. The van der Waals surface area contributed by atoms with Crippen LogP contribution in [0.2, 0.25) is 0 Å². The van der Waals surface area contributed by atoms with Gasteiger partial charge in [0.2, 0.25) is 11.8 Å². The number of rotatable bonds is 4. The highest BCUT2D eigenvalue weighted by Crippen LogP contribution is 2.17. The van der Waals surface area contributed by atoms with Crippen LogP contribution >= 0.6 is 0 Å². The number of nitrogens with two attached hydrogens (primary N) is 1. The van der Waals surface area contributed by atoms with Crippen LogP contribution in [0.15, 0.2) is 42.7 Å². The van der Waals surface area contributed by atoms with Gasteiger partial charge in [-0.15, -0.1) is 0 Å². The minimum atomic E-state index is -0.314. The van der Waals surface area contributed by atoms with Crippen LogP contribution in [-0.4, -0.2) is 39.6 Å². The van der Waals surface area contributed by atoms with Gasteiger partial charge in [0.15, 0.2) is 0 Å². The maximum Gasteiger partial charge on any atom is 0.227 e. The molecule has 1 aromatic carbocycles. The number of aromatic nitrogens is 2. The number of amides is 2. The Balaban J connectivity index is 1.62. The molecule has 1 saturated heterocycles. The van der Waals surface area contributed by atoms with Crippen LogP contribution in [0, 0.1) is 5.92 Å². The van der Waals surface area contributed by atoms with Crippen molar-refractivity contribution >= 4 is 11.8 Å². The summed E-state index contributed by atoms with van der Waals surface area (Å²) in [5.74, 6) is -0.483. The Morgan fingerprint density at radius 3 is 2.70 bits per heavy atom. The second-order valence-electron chi connectivity index (χ2n) is 5.88. The molecule has 1 aliphatic rings. The molecule has 6 heteroatoms. The van der Waals surface area contributed by atoms with Crippen LogP contribution in [0.4, 0.5) is 0 Å². The minimum absolute atomic E-state index is 0.0442. The Hall–Kier alpha value is -2.63. The van der Waals surface area contributed by atoms with Gasteiger partial charge < -0.3 is 10.6 Å². The second-order valence-corrected chi connectivity index (χ2v) is 5.88. The molecule has 120 valence electrons. The summed E-state index contributed by atoms with van der Waals surface area (Å²) in [7, 11) is 0. The summed E-state index contributed by atoms with van der Waals surface area (Å²) >= 11 is 0. The lowest BCUT2D eigenvalue weighted by Crippen LogP contribution is -2.44.